The summed E-state index contributed by atoms with van der Waals surface area (Å²) in [6, 6.07) is 1.91. The fraction of sp³-hybridized carbons (Fsp3) is 0.692. The van der Waals surface area contributed by atoms with Crippen molar-refractivity contribution in [2.45, 2.75) is 25.9 Å². The van der Waals surface area contributed by atoms with Crippen molar-refractivity contribution in [2.75, 3.05) is 26.2 Å². The molecule has 2 N–H and O–H groups in total. The van der Waals surface area contributed by atoms with Gasteiger partial charge in [-0.25, -0.2) is 0 Å². The highest BCUT2D eigenvalue weighted by molar-refractivity contribution is 5.85. The minimum absolute atomic E-state index is 0.0556. The largest absolute Gasteiger partial charge is 0.349 e. The fourth-order valence-electron chi connectivity index (χ4n) is 2.31. The van der Waals surface area contributed by atoms with Crippen molar-refractivity contribution in [3.05, 3.63) is 18.0 Å². The zero-order valence-electron chi connectivity index (χ0n) is 11.9. The van der Waals surface area contributed by atoms with Crippen molar-refractivity contribution in [2.24, 2.45) is 7.05 Å². The van der Waals surface area contributed by atoms with Crippen molar-refractivity contribution < 1.29 is 4.79 Å². The van der Waals surface area contributed by atoms with E-state index in [0.29, 0.717) is 6.54 Å². The number of rotatable bonds is 4. The summed E-state index contributed by atoms with van der Waals surface area (Å²) in [6.07, 6.45) is 1.88. The lowest BCUT2D eigenvalue weighted by Gasteiger charge is -2.39. The summed E-state index contributed by atoms with van der Waals surface area (Å²) >= 11 is 0. The molecule has 106 valence electrons. The Morgan fingerprint density at radius 1 is 1.47 bits per heavy atom. The van der Waals surface area contributed by atoms with E-state index in [9.17, 15) is 4.79 Å². The van der Waals surface area contributed by atoms with E-state index >= 15 is 0 Å². The minimum Gasteiger partial charge on any atom is -0.349 e. The molecule has 1 aromatic rings. The first kappa shape index (κ1) is 14.0. The number of amides is 1. The molecule has 1 aliphatic heterocycles. The number of carbonyl (C=O) groups is 1. The van der Waals surface area contributed by atoms with Gasteiger partial charge in [-0.3, -0.25) is 14.4 Å². The van der Waals surface area contributed by atoms with Gasteiger partial charge in [0.25, 0.3) is 0 Å². The van der Waals surface area contributed by atoms with Crippen molar-refractivity contribution in [1.82, 2.24) is 25.3 Å². The number of aryl methyl sites for hydroxylation is 1. The average Bonchev–Trinajstić information content (AvgIpc) is 2.82. The third kappa shape index (κ3) is 3.33. The van der Waals surface area contributed by atoms with Crippen LogP contribution < -0.4 is 10.6 Å². The Morgan fingerprint density at radius 3 is 2.74 bits per heavy atom. The number of hydrogen-bond donors (Lipinski definition) is 2. The standard InChI is InChI=1S/C13H23N5O/c1-13(2,18-8-5-14-6-9-18)12(19)15-10-11-4-7-17(3)16-11/h4,7,14H,5-6,8-10H2,1-3H3,(H,15,19). The van der Waals surface area contributed by atoms with Gasteiger partial charge < -0.3 is 10.6 Å². The van der Waals surface area contributed by atoms with Crippen LogP contribution in [0.4, 0.5) is 0 Å². The monoisotopic (exact) mass is 265 g/mol. The first-order valence-electron chi connectivity index (χ1n) is 6.73. The number of nitrogens with zero attached hydrogens (tertiary/aromatic N) is 3. The van der Waals surface area contributed by atoms with Gasteiger partial charge >= 0.3 is 0 Å². The fourth-order valence-corrected chi connectivity index (χ4v) is 2.31. The maximum absolute atomic E-state index is 12.3. The van der Waals surface area contributed by atoms with E-state index < -0.39 is 5.54 Å². The van der Waals surface area contributed by atoms with Crippen molar-refractivity contribution in [3.63, 3.8) is 0 Å². The van der Waals surface area contributed by atoms with E-state index in [0.717, 1.165) is 31.9 Å². The van der Waals surface area contributed by atoms with Crippen LogP contribution in [0, 0.1) is 0 Å². The highest BCUT2D eigenvalue weighted by atomic mass is 16.2. The number of nitrogens with one attached hydrogen (secondary N) is 2. The number of hydrogen-bond acceptors (Lipinski definition) is 4. The van der Waals surface area contributed by atoms with Gasteiger partial charge in [-0.2, -0.15) is 5.10 Å². The molecule has 0 aromatic carbocycles. The van der Waals surface area contributed by atoms with Gasteiger partial charge in [0, 0.05) is 39.4 Å². The summed E-state index contributed by atoms with van der Waals surface area (Å²) in [7, 11) is 1.87. The molecule has 0 bridgehead atoms. The maximum atomic E-state index is 12.3. The predicted molar refractivity (Wildman–Crippen MR) is 73.6 cm³/mol. The Bertz CT molecular complexity index is 434. The summed E-state index contributed by atoms with van der Waals surface area (Å²) in [6.45, 7) is 8.13. The maximum Gasteiger partial charge on any atom is 0.240 e. The molecule has 19 heavy (non-hydrogen) atoms. The topological polar surface area (TPSA) is 62.2 Å². The van der Waals surface area contributed by atoms with Gasteiger partial charge in [0.1, 0.15) is 0 Å². The molecule has 1 amide bonds. The number of aromatic nitrogens is 2. The van der Waals surface area contributed by atoms with E-state index in [2.05, 4.69) is 20.6 Å². The Morgan fingerprint density at radius 2 is 2.16 bits per heavy atom. The molecular formula is C13H23N5O. The van der Waals surface area contributed by atoms with E-state index in [4.69, 9.17) is 0 Å². The second-order valence-electron chi connectivity index (χ2n) is 5.46. The molecule has 0 saturated carbocycles. The van der Waals surface area contributed by atoms with Crippen LogP contribution in [0.3, 0.4) is 0 Å². The van der Waals surface area contributed by atoms with Crippen LogP contribution in [-0.4, -0.2) is 52.3 Å². The SMILES string of the molecule is Cn1ccc(CNC(=O)C(C)(C)N2CCNCC2)n1. The van der Waals surface area contributed by atoms with Crippen LogP contribution in [0.5, 0.6) is 0 Å². The van der Waals surface area contributed by atoms with Crippen LogP contribution >= 0.6 is 0 Å². The third-order valence-electron chi connectivity index (χ3n) is 3.66. The van der Waals surface area contributed by atoms with E-state index in [1.807, 2.05) is 33.2 Å². The summed E-state index contributed by atoms with van der Waals surface area (Å²) in [5.74, 6) is 0.0556. The molecular weight excluding hydrogens is 242 g/mol. The van der Waals surface area contributed by atoms with Crippen LogP contribution in [0.15, 0.2) is 12.3 Å². The molecule has 6 nitrogen and oxygen atoms in total. The first-order valence-corrected chi connectivity index (χ1v) is 6.73. The average molecular weight is 265 g/mol. The summed E-state index contributed by atoms with van der Waals surface area (Å²) < 4.78 is 1.74. The molecule has 2 rings (SSSR count). The lowest BCUT2D eigenvalue weighted by atomic mass is 10.0. The van der Waals surface area contributed by atoms with Gasteiger partial charge in [0.2, 0.25) is 5.91 Å². The lowest BCUT2D eigenvalue weighted by Crippen LogP contribution is -2.59. The van der Waals surface area contributed by atoms with Crippen LogP contribution in [0.2, 0.25) is 0 Å². The highest BCUT2D eigenvalue weighted by Gasteiger charge is 2.34. The summed E-state index contributed by atoms with van der Waals surface area (Å²) in [5.41, 5.74) is 0.406. The molecule has 6 heteroatoms. The Labute approximate surface area is 114 Å². The molecule has 0 spiro atoms. The Hall–Kier alpha value is -1.40. The molecule has 1 saturated heterocycles. The summed E-state index contributed by atoms with van der Waals surface area (Å²) in [4.78, 5) is 14.6. The quantitative estimate of drug-likeness (QED) is 0.786. The van der Waals surface area contributed by atoms with E-state index in [-0.39, 0.29) is 5.91 Å². The van der Waals surface area contributed by atoms with Crippen molar-refractivity contribution >= 4 is 5.91 Å². The van der Waals surface area contributed by atoms with Gasteiger partial charge in [-0.05, 0) is 19.9 Å². The smallest absolute Gasteiger partial charge is 0.240 e. The first-order chi connectivity index (χ1) is 9.00. The molecule has 0 radical (unpaired) electrons. The molecule has 2 heterocycles. The van der Waals surface area contributed by atoms with Crippen LogP contribution in [-0.2, 0) is 18.4 Å². The lowest BCUT2D eigenvalue weighted by molar-refractivity contribution is -0.132. The highest BCUT2D eigenvalue weighted by Crippen LogP contribution is 2.15. The zero-order valence-corrected chi connectivity index (χ0v) is 11.9. The second-order valence-corrected chi connectivity index (χ2v) is 5.46. The third-order valence-corrected chi connectivity index (χ3v) is 3.66. The number of piperazine rings is 1. The van der Waals surface area contributed by atoms with Gasteiger partial charge in [-0.1, -0.05) is 0 Å². The Balaban J connectivity index is 1.90. The van der Waals surface area contributed by atoms with Crippen molar-refractivity contribution in [3.8, 4) is 0 Å². The molecule has 1 aromatic heterocycles. The van der Waals surface area contributed by atoms with Crippen LogP contribution in [0.25, 0.3) is 0 Å². The number of carbonyl (C=O) groups excluding carboxylic acids is 1. The molecule has 0 atom stereocenters. The predicted octanol–water partition coefficient (Wildman–Crippen LogP) is -0.280. The molecule has 1 aliphatic rings. The zero-order chi connectivity index (χ0) is 13.9. The molecule has 0 unspecified atom stereocenters. The van der Waals surface area contributed by atoms with E-state index in [1.54, 1.807) is 4.68 Å². The van der Waals surface area contributed by atoms with E-state index in [1.165, 1.54) is 0 Å². The second kappa shape index (κ2) is 5.71. The molecule has 1 fully saturated rings. The normalized spacial score (nSPS) is 17.4. The minimum atomic E-state index is -0.475. The van der Waals surface area contributed by atoms with Crippen LogP contribution in [0.1, 0.15) is 19.5 Å². The van der Waals surface area contributed by atoms with Crippen molar-refractivity contribution in [1.29, 1.82) is 0 Å². The van der Waals surface area contributed by atoms with Gasteiger partial charge in [0.05, 0.1) is 17.8 Å². The molecule has 0 aliphatic carbocycles. The van der Waals surface area contributed by atoms with Gasteiger partial charge in [0.15, 0.2) is 0 Å². The Kier molecular flexibility index (Phi) is 4.21. The van der Waals surface area contributed by atoms with Gasteiger partial charge in [-0.15, -0.1) is 0 Å². The summed E-state index contributed by atoms with van der Waals surface area (Å²) in [5, 5.41) is 10.5.